The molecule has 0 unspecified atom stereocenters. The lowest BCUT2D eigenvalue weighted by molar-refractivity contribution is 0.102. The summed E-state index contributed by atoms with van der Waals surface area (Å²) in [4.78, 5) is 42.9. The van der Waals surface area contributed by atoms with Gasteiger partial charge >= 0.3 is 5.69 Å². The first-order chi connectivity index (χ1) is 10.9. The monoisotopic (exact) mass is 333 g/mol. The van der Waals surface area contributed by atoms with E-state index in [1.807, 2.05) is 0 Å². The Bertz CT molecular complexity index is 1050. The molecule has 0 atom stereocenters. The Kier molecular flexibility index (Phi) is 3.53. The van der Waals surface area contributed by atoms with Crippen LogP contribution in [0.5, 0.6) is 0 Å². The molecule has 3 rings (SSSR count). The molecule has 23 heavy (non-hydrogen) atoms. The summed E-state index contributed by atoms with van der Waals surface area (Å²) in [7, 11) is 2.91. The fourth-order valence-corrected chi connectivity index (χ4v) is 2.39. The third-order valence-corrected chi connectivity index (χ3v) is 3.66. The standard InChI is InChI=1S/C14H12ClN5O3/c1-19-11-9(13(22)20(2)14(19)23)4-8(6-17-11)18-12(21)10-3-7(15)5-16-10/h3-6,16H,1-2H3,(H,18,21). The average Bonchev–Trinajstić information content (AvgIpc) is 2.97. The Labute approximate surface area is 134 Å². The van der Waals surface area contributed by atoms with Crippen LogP contribution < -0.4 is 16.6 Å². The zero-order chi connectivity index (χ0) is 16.7. The van der Waals surface area contributed by atoms with Crippen molar-refractivity contribution in [1.29, 1.82) is 0 Å². The van der Waals surface area contributed by atoms with Gasteiger partial charge in [-0.3, -0.25) is 18.7 Å². The van der Waals surface area contributed by atoms with Crippen molar-refractivity contribution in [2.45, 2.75) is 0 Å². The van der Waals surface area contributed by atoms with Crippen LogP contribution in [0, 0.1) is 0 Å². The van der Waals surface area contributed by atoms with E-state index in [2.05, 4.69) is 15.3 Å². The number of fused-ring (bicyclic) bond motifs is 1. The lowest BCUT2D eigenvalue weighted by Gasteiger charge is -2.08. The molecule has 0 spiro atoms. The first-order valence-electron chi connectivity index (χ1n) is 6.59. The van der Waals surface area contributed by atoms with Gasteiger partial charge in [0.2, 0.25) is 0 Å². The van der Waals surface area contributed by atoms with Crippen LogP contribution in [0.2, 0.25) is 5.02 Å². The van der Waals surface area contributed by atoms with Crippen LogP contribution in [-0.4, -0.2) is 25.0 Å². The van der Waals surface area contributed by atoms with Crippen molar-refractivity contribution in [2.24, 2.45) is 14.1 Å². The fourth-order valence-electron chi connectivity index (χ4n) is 2.23. The van der Waals surface area contributed by atoms with Gasteiger partial charge in [-0.1, -0.05) is 11.6 Å². The number of aromatic amines is 1. The molecule has 118 valence electrons. The number of hydrogen-bond donors (Lipinski definition) is 2. The van der Waals surface area contributed by atoms with E-state index in [1.165, 1.54) is 43.2 Å². The van der Waals surface area contributed by atoms with Gasteiger partial charge in [0.15, 0.2) is 0 Å². The molecular formula is C14H12ClN5O3. The normalized spacial score (nSPS) is 10.9. The summed E-state index contributed by atoms with van der Waals surface area (Å²) >= 11 is 5.76. The Morgan fingerprint density at radius 2 is 2.00 bits per heavy atom. The molecular weight excluding hydrogens is 322 g/mol. The highest BCUT2D eigenvalue weighted by Crippen LogP contribution is 2.14. The van der Waals surface area contributed by atoms with Crippen molar-refractivity contribution >= 4 is 34.2 Å². The third kappa shape index (κ3) is 2.53. The molecule has 0 aliphatic rings. The van der Waals surface area contributed by atoms with Crippen molar-refractivity contribution < 1.29 is 4.79 Å². The first-order valence-corrected chi connectivity index (χ1v) is 6.97. The summed E-state index contributed by atoms with van der Waals surface area (Å²) in [6.07, 6.45) is 2.87. The van der Waals surface area contributed by atoms with Gasteiger partial charge in [-0.15, -0.1) is 0 Å². The Morgan fingerprint density at radius 1 is 1.26 bits per heavy atom. The second kappa shape index (κ2) is 5.40. The quantitative estimate of drug-likeness (QED) is 0.726. The van der Waals surface area contributed by atoms with Crippen LogP contribution in [0.15, 0.2) is 34.1 Å². The number of aryl methyl sites for hydroxylation is 1. The summed E-state index contributed by atoms with van der Waals surface area (Å²) in [5.41, 5.74) is -0.0751. The predicted molar refractivity (Wildman–Crippen MR) is 86.0 cm³/mol. The van der Waals surface area contributed by atoms with Crippen LogP contribution >= 0.6 is 11.6 Å². The van der Waals surface area contributed by atoms with Gasteiger partial charge in [0.1, 0.15) is 11.3 Å². The highest BCUT2D eigenvalue weighted by molar-refractivity contribution is 6.31. The van der Waals surface area contributed by atoms with Gasteiger partial charge in [0.05, 0.1) is 22.3 Å². The molecule has 2 N–H and O–H groups in total. The number of carbonyl (C=O) groups is 1. The number of nitrogens with zero attached hydrogens (tertiary/aromatic N) is 3. The molecule has 0 aliphatic heterocycles. The summed E-state index contributed by atoms with van der Waals surface area (Å²) in [5, 5.41) is 3.26. The zero-order valence-electron chi connectivity index (χ0n) is 12.3. The minimum Gasteiger partial charge on any atom is -0.356 e. The summed E-state index contributed by atoms with van der Waals surface area (Å²) in [5.74, 6) is -0.417. The van der Waals surface area contributed by atoms with Gasteiger partial charge in [-0.25, -0.2) is 9.78 Å². The number of rotatable bonds is 2. The van der Waals surface area contributed by atoms with E-state index in [4.69, 9.17) is 11.6 Å². The molecule has 3 heterocycles. The van der Waals surface area contributed by atoms with Crippen molar-refractivity contribution in [2.75, 3.05) is 5.32 Å². The smallest absolute Gasteiger partial charge is 0.332 e. The third-order valence-electron chi connectivity index (χ3n) is 3.44. The van der Waals surface area contributed by atoms with Gasteiger partial charge in [0, 0.05) is 20.3 Å². The molecule has 3 aromatic rings. The number of anilines is 1. The van der Waals surface area contributed by atoms with Crippen molar-refractivity contribution in [3.8, 4) is 0 Å². The molecule has 0 bridgehead atoms. The minimum atomic E-state index is -0.477. The number of H-pyrrole nitrogens is 1. The van der Waals surface area contributed by atoms with E-state index < -0.39 is 17.2 Å². The average molecular weight is 334 g/mol. The van der Waals surface area contributed by atoms with Crippen molar-refractivity contribution in [1.82, 2.24) is 19.1 Å². The number of carbonyl (C=O) groups excluding carboxylic acids is 1. The van der Waals surface area contributed by atoms with E-state index in [0.717, 1.165) is 4.57 Å². The van der Waals surface area contributed by atoms with Crippen LogP contribution in [0.4, 0.5) is 5.69 Å². The van der Waals surface area contributed by atoms with Gasteiger partial charge < -0.3 is 10.3 Å². The molecule has 0 radical (unpaired) electrons. The predicted octanol–water partition coefficient (Wildman–Crippen LogP) is 0.866. The van der Waals surface area contributed by atoms with Crippen LogP contribution in [0.1, 0.15) is 10.5 Å². The maximum atomic E-state index is 12.2. The Morgan fingerprint density at radius 3 is 2.65 bits per heavy atom. The number of hydrogen-bond acceptors (Lipinski definition) is 4. The van der Waals surface area contributed by atoms with Gasteiger partial charge in [0.25, 0.3) is 11.5 Å². The number of nitrogens with one attached hydrogen (secondary N) is 2. The molecule has 3 aromatic heterocycles. The maximum absolute atomic E-state index is 12.2. The SMILES string of the molecule is Cn1c(=O)c2cc(NC(=O)c3cc(Cl)c[nH]3)cnc2n(C)c1=O. The zero-order valence-corrected chi connectivity index (χ0v) is 13.0. The van der Waals surface area contributed by atoms with E-state index in [0.29, 0.717) is 10.7 Å². The maximum Gasteiger partial charge on any atom is 0.332 e. The van der Waals surface area contributed by atoms with E-state index in [-0.39, 0.29) is 16.7 Å². The van der Waals surface area contributed by atoms with Crippen LogP contribution in [0.3, 0.4) is 0 Å². The van der Waals surface area contributed by atoms with Crippen LogP contribution in [0.25, 0.3) is 11.0 Å². The second-order valence-corrected chi connectivity index (χ2v) is 5.42. The van der Waals surface area contributed by atoms with Crippen molar-refractivity contribution in [3.63, 3.8) is 0 Å². The Balaban J connectivity index is 2.05. The number of aromatic nitrogens is 4. The molecule has 0 saturated heterocycles. The van der Waals surface area contributed by atoms with Crippen LogP contribution in [-0.2, 0) is 14.1 Å². The van der Waals surface area contributed by atoms with Gasteiger partial charge in [-0.2, -0.15) is 0 Å². The molecule has 0 aliphatic carbocycles. The van der Waals surface area contributed by atoms with Crippen molar-refractivity contribution in [3.05, 3.63) is 56.1 Å². The topological polar surface area (TPSA) is 102 Å². The van der Waals surface area contributed by atoms with E-state index in [1.54, 1.807) is 0 Å². The molecule has 9 heteroatoms. The number of pyridine rings is 1. The Hall–Kier alpha value is -2.87. The highest BCUT2D eigenvalue weighted by Gasteiger charge is 2.13. The molecule has 1 amide bonds. The lowest BCUT2D eigenvalue weighted by atomic mass is 10.3. The largest absolute Gasteiger partial charge is 0.356 e. The summed E-state index contributed by atoms with van der Waals surface area (Å²) in [6, 6.07) is 2.96. The molecule has 0 aromatic carbocycles. The van der Waals surface area contributed by atoms with Gasteiger partial charge in [-0.05, 0) is 12.1 Å². The fraction of sp³-hybridized carbons (Fsp3) is 0.143. The highest BCUT2D eigenvalue weighted by atomic mass is 35.5. The lowest BCUT2D eigenvalue weighted by Crippen LogP contribution is -2.37. The second-order valence-electron chi connectivity index (χ2n) is 4.99. The summed E-state index contributed by atoms with van der Waals surface area (Å²) < 4.78 is 2.26. The van der Waals surface area contributed by atoms with E-state index >= 15 is 0 Å². The first kappa shape index (κ1) is 15.0. The number of halogens is 1. The number of amides is 1. The molecule has 8 nitrogen and oxygen atoms in total. The molecule has 0 saturated carbocycles. The molecule has 0 fully saturated rings. The van der Waals surface area contributed by atoms with E-state index in [9.17, 15) is 14.4 Å². The summed E-state index contributed by atoms with van der Waals surface area (Å²) in [6.45, 7) is 0. The minimum absolute atomic E-state index is 0.233.